The number of pyridine rings is 1. The third kappa shape index (κ3) is 5.65. The van der Waals surface area contributed by atoms with Gasteiger partial charge in [0.15, 0.2) is 0 Å². The molecule has 1 saturated heterocycles. The number of nitrogens with zero attached hydrogens (tertiary/aromatic N) is 3. The normalized spacial score (nSPS) is 14.1. The number of sulfonamides is 1. The molecule has 0 saturated carbocycles. The van der Waals surface area contributed by atoms with E-state index in [0.29, 0.717) is 11.4 Å². The molecule has 0 atom stereocenters. The Kier molecular flexibility index (Phi) is 8.39. The van der Waals surface area contributed by atoms with Crippen LogP contribution in [0.1, 0.15) is 0 Å². The predicted molar refractivity (Wildman–Crippen MR) is 159 cm³/mol. The van der Waals surface area contributed by atoms with E-state index < -0.39 is 28.0 Å². The molecule has 2 heterocycles. The Morgan fingerprint density at radius 1 is 0.952 bits per heavy atom. The van der Waals surface area contributed by atoms with Crippen LogP contribution in [-0.2, 0) is 21.4 Å². The molecule has 1 aliphatic heterocycles. The number of piperazine rings is 1. The van der Waals surface area contributed by atoms with Gasteiger partial charge in [0.05, 0.1) is 30.6 Å². The molecule has 3 aromatic carbocycles. The van der Waals surface area contributed by atoms with E-state index in [1.165, 1.54) is 49.0 Å². The van der Waals surface area contributed by atoms with Crippen molar-refractivity contribution in [1.29, 1.82) is 0 Å². The van der Waals surface area contributed by atoms with Gasteiger partial charge in [-0.25, -0.2) is 12.8 Å². The molecule has 1 aromatic heterocycles. The Labute approximate surface area is 246 Å². The Morgan fingerprint density at radius 2 is 1.60 bits per heavy atom. The lowest BCUT2D eigenvalue weighted by Gasteiger charge is -2.35. The van der Waals surface area contributed by atoms with Crippen LogP contribution in [0.3, 0.4) is 0 Å². The van der Waals surface area contributed by atoms with Crippen LogP contribution in [0.5, 0.6) is 11.5 Å². The zero-order valence-corrected chi connectivity index (χ0v) is 24.4. The highest BCUT2D eigenvalue weighted by Crippen LogP contribution is 2.36. The summed E-state index contributed by atoms with van der Waals surface area (Å²) in [4.78, 5) is 28.1. The van der Waals surface area contributed by atoms with E-state index >= 15 is 0 Å². The minimum atomic E-state index is -4.09. The molecule has 10 nitrogen and oxygen atoms in total. The molecular weight excluding hydrogens is 587 g/mol. The SMILES string of the molecule is COc1cc(OC)c(NC(=O)Cn2cc(S(=O)(=O)N3CCN(c4ccccc4F)CC3)c3ccccc3c2=O)cc1Cl. The van der Waals surface area contributed by atoms with Gasteiger partial charge in [0, 0.05) is 49.2 Å². The van der Waals surface area contributed by atoms with Crippen molar-refractivity contribution in [1.82, 2.24) is 8.87 Å². The number of methoxy groups -OCH3 is 2. The fraction of sp³-hybridized carbons (Fsp3) is 0.241. The number of para-hydroxylation sites is 1. The molecule has 220 valence electrons. The molecule has 42 heavy (non-hydrogen) atoms. The third-order valence-corrected chi connectivity index (χ3v) is 9.29. The first-order valence-corrected chi connectivity index (χ1v) is 14.8. The van der Waals surface area contributed by atoms with Crippen LogP contribution in [-0.4, -0.2) is 63.6 Å². The minimum Gasteiger partial charge on any atom is -0.495 e. The summed E-state index contributed by atoms with van der Waals surface area (Å²) in [5.41, 5.74) is 0.140. The largest absolute Gasteiger partial charge is 0.495 e. The van der Waals surface area contributed by atoms with E-state index in [1.54, 1.807) is 41.3 Å². The average Bonchev–Trinajstić information content (AvgIpc) is 2.99. The topological polar surface area (TPSA) is 110 Å². The summed E-state index contributed by atoms with van der Waals surface area (Å²) in [5.74, 6) is -0.344. The highest BCUT2D eigenvalue weighted by molar-refractivity contribution is 7.89. The molecule has 1 amide bonds. The molecule has 0 spiro atoms. The van der Waals surface area contributed by atoms with Crippen molar-refractivity contribution in [2.24, 2.45) is 0 Å². The van der Waals surface area contributed by atoms with Gasteiger partial charge in [0.25, 0.3) is 5.56 Å². The van der Waals surface area contributed by atoms with Crippen molar-refractivity contribution in [3.8, 4) is 11.5 Å². The van der Waals surface area contributed by atoms with Crippen molar-refractivity contribution in [2.45, 2.75) is 11.4 Å². The van der Waals surface area contributed by atoms with Crippen LogP contribution >= 0.6 is 11.6 Å². The van der Waals surface area contributed by atoms with E-state index in [9.17, 15) is 22.4 Å². The summed E-state index contributed by atoms with van der Waals surface area (Å²) < 4.78 is 55.0. The van der Waals surface area contributed by atoms with Crippen LogP contribution in [0, 0.1) is 5.82 Å². The van der Waals surface area contributed by atoms with Crippen molar-refractivity contribution in [3.63, 3.8) is 0 Å². The molecule has 5 rings (SSSR count). The van der Waals surface area contributed by atoms with Crippen molar-refractivity contribution in [3.05, 3.63) is 88.1 Å². The maximum Gasteiger partial charge on any atom is 0.258 e. The minimum absolute atomic E-state index is 0.102. The van der Waals surface area contributed by atoms with Gasteiger partial charge in [-0.15, -0.1) is 0 Å². The Morgan fingerprint density at radius 3 is 2.26 bits per heavy atom. The highest BCUT2D eigenvalue weighted by Gasteiger charge is 2.31. The fourth-order valence-electron chi connectivity index (χ4n) is 4.95. The van der Waals surface area contributed by atoms with E-state index in [1.807, 2.05) is 0 Å². The number of benzene rings is 3. The zero-order valence-electron chi connectivity index (χ0n) is 22.8. The van der Waals surface area contributed by atoms with Crippen molar-refractivity contribution in [2.75, 3.05) is 50.6 Å². The second-order valence-electron chi connectivity index (χ2n) is 9.55. The molecule has 1 aliphatic rings. The number of carbonyl (C=O) groups is 1. The number of anilines is 2. The van der Waals surface area contributed by atoms with E-state index in [-0.39, 0.29) is 64.1 Å². The maximum absolute atomic E-state index is 14.3. The molecule has 1 N–H and O–H groups in total. The predicted octanol–water partition coefficient (Wildman–Crippen LogP) is 3.96. The number of fused-ring (bicyclic) bond motifs is 1. The first-order chi connectivity index (χ1) is 20.1. The number of halogens is 2. The second kappa shape index (κ2) is 12.0. The number of hydrogen-bond acceptors (Lipinski definition) is 7. The summed E-state index contributed by atoms with van der Waals surface area (Å²) in [6.45, 7) is 0.324. The molecule has 4 aromatic rings. The first-order valence-electron chi connectivity index (χ1n) is 13.0. The number of aromatic nitrogens is 1. The summed E-state index contributed by atoms with van der Waals surface area (Å²) in [6.07, 6.45) is 1.20. The molecular formula is C29H28ClFN4O6S. The molecule has 0 aliphatic carbocycles. The number of carbonyl (C=O) groups excluding carboxylic acids is 1. The number of amides is 1. The quantitative estimate of drug-likeness (QED) is 0.320. The van der Waals surface area contributed by atoms with Gasteiger partial charge in [-0.05, 0) is 24.3 Å². The van der Waals surface area contributed by atoms with Gasteiger partial charge >= 0.3 is 0 Å². The molecule has 0 bridgehead atoms. The number of nitrogens with one attached hydrogen (secondary N) is 1. The van der Waals surface area contributed by atoms with Crippen LogP contribution < -0.4 is 25.2 Å². The number of rotatable bonds is 8. The van der Waals surface area contributed by atoms with Gasteiger partial charge in [0.2, 0.25) is 15.9 Å². The third-order valence-electron chi connectivity index (χ3n) is 7.07. The summed E-state index contributed by atoms with van der Waals surface area (Å²) in [5, 5.41) is 3.30. The standard InChI is InChI=1S/C29H28ClFN4O6S/c1-40-25-16-26(41-2)23(15-21(25)30)32-28(36)18-34-17-27(19-7-3-4-8-20(19)29(34)37)42(38,39)35-13-11-33(12-14-35)24-10-6-5-9-22(24)31/h3-10,15-17H,11-14,18H2,1-2H3,(H,32,36). The van der Waals surface area contributed by atoms with Crippen LogP contribution in [0.25, 0.3) is 10.8 Å². The molecule has 0 radical (unpaired) electrons. The van der Waals surface area contributed by atoms with E-state index in [2.05, 4.69) is 5.32 Å². The number of ether oxygens (including phenoxy) is 2. The Bertz CT molecular complexity index is 1820. The van der Waals surface area contributed by atoms with Crippen LogP contribution in [0.4, 0.5) is 15.8 Å². The zero-order chi connectivity index (χ0) is 30.0. The Balaban J connectivity index is 1.44. The molecule has 0 unspecified atom stereocenters. The smallest absolute Gasteiger partial charge is 0.258 e. The lowest BCUT2D eigenvalue weighted by atomic mass is 10.2. The van der Waals surface area contributed by atoms with Gasteiger partial charge in [-0.3, -0.25) is 9.59 Å². The fourth-order valence-corrected chi connectivity index (χ4v) is 6.83. The average molecular weight is 615 g/mol. The monoisotopic (exact) mass is 614 g/mol. The summed E-state index contributed by atoms with van der Waals surface area (Å²) in [7, 11) is -1.23. The summed E-state index contributed by atoms with van der Waals surface area (Å²) in [6, 6.07) is 15.7. The van der Waals surface area contributed by atoms with Crippen molar-refractivity contribution < 1.29 is 27.1 Å². The molecule has 13 heteroatoms. The second-order valence-corrected chi connectivity index (χ2v) is 11.9. The lowest BCUT2D eigenvalue weighted by Crippen LogP contribution is -2.49. The number of hydrogen-bond donors (Lipinski definition) is 1. The lowest BCUT2D eigenvalue weighted by molar-refractivity contribution is -0.116. The molecule has 1 fully saturated rings. The van der Waals surface area contributed by atoms with Crippen LogP contribution in [0.15, 0.2) is 76.6 Å². The Hall–Kier alpha value is -4.13. The first kappa shape index (κ1) is 29.4. The van der Waals surface area contributed by atoms with Gasteiger partial charge < -0.3 is 24.3 Å². The van der Waals surface area contributed by atoms with Crippen molar-refractivity contribution >= 4 is 49.7 Å². The van der Waals surface area contributed by atoms with Gasteiger partial charge in [-0.1, -0.05) is 41.9 Å². The van der Waals surface area contributed by atoms with Gasteiger partial charge in [0.1, 0.15) is 28.8 Å². The van der Waals surface area contributed by atoms with Gasteiger partial charge in [-0.2, -0.15) is 4.31 Å². The van der Waals surface area contributed by atoms with Crippen LogP contribution in [0.2, 0.25) is 5.02 Å². The van der Waals surface area contributed by atoms with E-state index in [4.69, 9.17) is 21.1 Å². The highest BCUT2D eigenvalue weighted by atomic mass is 35.5. The summed E-state index contributed by atoms with van der Waals surface area (Å²) >= 11 is 6.21. The maximum atomic E-state index is 14.3. The van der Waals surface area contributed by atoms with E-state index in [0.717, 1.165) is 4.57 Å².